The Morgan fingerprint density at radius 2 is 1.85 bits per heavy atom. The van der Waals surface area contributed by atoms with Crippen LogP contribution in [0.4, 0.5) is 13.2 Å². The van der Waals surface area contributed by atoms with Crippen LogP contribution in [0.2, 0.25) is 0 Å². The van der Waals surface area contributed by atoms with Crippen molar-refractivity contribution in [2.75, 3.05) is 0 Å². The number of aryl methyl sites for hydroxylation is 2. The summed E-state index contributed by atoms with van der Waals surface area (Å²) in [5, 5.41) is 6.56. The zero-order chi connectivity index (χ0) is 14.0. The minimum absolute atomic E-state index is 0. The average molecular weight is 309 g/mol. The summed E-state index contributed by atoms with van der Waals surface area (Å²) in [5.74, 6) is 0. The molecule has 0 radical (unpaired) electrons. The molecule has 0 aromatic carbocycles. The second-order valence-corrected chi connectivity index (χ2v) is 4.36. The van der Waals surface area contributed by atoms with E-state index >= 15 is 0 Å². The Hall–Kier alpha value is -1.47. The number of nitrogens with zero attached hydrogens (tertiary/aromatic N) is 3. The second-order valence-electron chi connectivity index (χ2n) is 4.36. The molecule has 0 aliphatic carbocycles. The van der Waals surface area contributed by atoms with Crippen molar-refractivity contribution in [2.24, 2.45) is 14.1 Å². The standard InChI is InChI=1S/C12H15F3N4.ClH/c1-18-5-3-4-9(18)7-16-8-10-6-11(12(13,14)15)17-19(10)2;/h3-6,16H,7-8H2,1-2H3;1H. The smallest absolute Gasteiger partial charge is 0.353 e. The van der Waals surface area contributed by atoms with Crippen molar-refractivity contribution in [1.82, 2.24) is 19.7 Å². The highest BCUT2D eigenvalue weighted by molar-refractivity contribution is 5.85. The third-order valence-electron chi connectivity index (χ3n) is 2.93. The quantitative estimate of drug-likeness (QED) is 0.942. The summed E-state index contributed by atoms with van der Waals surface area (Å²) < 4.78 is 40.6. The van der Waals surface area contributed by atoms with Gasteiger partial charge in [0.05, 0.1) is 5.69 Å². The zero-order valence-corrected chi connectivity index (χ0v) is 11.9. The van der Waals surface area contributed by atoms with Crippen LogP contribution in [0, 0.1) is 0 Å². The van der Waals surface area contributed by atoms with E-state index in [9.17, 15) is 13.2 Å². The molecule has 2 heterocycles. The van der Waals surface area contributed by atoms with Crippen molar-refractivity contribution in [1.29, 1.82) is 0 Å². The first-order valence-electron chi connectivity index (χ1n) is 5.79. The molecule has 8 heteroatoms. The maximum absolute atomic E-state index is 12.5. The monoisotopic (exact) mass is 308 g/mol. The van der Waals surface area contributed by atoms with Gasteiger partial charge in [-0.15, -0.1) is 12.4 Å². The third-order valence-corrected chi connectivity index (χ3v) is 2.93. The van der Waals surface area contributed by atoms with Crippen molar-refractivity contribution in [3.8, 4) is 0 Å². The van der Waals surface area contributed by atoms with Gasteiger partial charge in [0.25, 0.3) is 0 Å². The van der Waals surface area contributed by atoms with Crippen LogP contribution in [0.15, 0.2) is 24.4 Å². The number of alkyl halides is 3. The number of halogens is 4. The third kappa shape index (κ3) is 3.77. The average Bonchev–Trinajstić information content (AvgIpc) is 2.86. The summed E-state index contributed by atoms with van der Waals surface area (Å²) in [6.07, 6.45) is -2.48. The van der Waals surface area contributed by atoms with Gasteiger partial charge in [0.2, 0.25) is 0 Å². The van der Waals surface area contributed by atoms with E-state index in [-0.39, 0.29) is 12.4 Å². The van der Waals surface area contributed by atoms with E-state index in [4.69, 9.17) is 0 Å². The minimum Gasteiger partial charge on any atom is -0.353 e. The van der Waals surface area contributed by atoms with Gasteiger partial charge in [0.1, 0.15) is 0 Å². The van der Waals surface area contributed by atoms with E-state index in [1.165, 1.54) is 11.7 Å². The summed E-state index contributed by atoms with van der Waals surface area (Å²) in [6.45, 7) is 0.931. The maximum Gasteiger partial charge on any atom is 0.435 e. The summed E-state index contributed by atoms with van der Waals surface area (Å²) >= 11 is 0. The lowest BCUT2D eigenvalue weighted by Gasteiger charge is -2.06. The molecule has 4 nitrogen and oxygen atoms in total. The molecule has 0 saturated carbocycles. The van der Waals surface area contributed by atoms with Crippen LogP contribution in [0.3, 0.4) is 0 Å². The summed E-state index contributed by atoms with van der Waals surface area (Å²) in [4.78, 5) is 0. The molecule has 0 aliphatic rings. The second kappa shape index (κ2) is 6.32. The normalized spacial score (nSPS) is 11.4. The van der Waals surface area contributed by atoms with Crippen LogP contribution in [-0.2, 0) is 33.4 Å². The first kappa shape index (κ1) is 16.6. The Bertz CT molecular complexity index is 559. The molecule has 0 atom stereocenters. The fraction of sp³-hybridized carbons (Fsp3) is 0.417. The molecule has 0 amide bonds. The molecule has 0 bridgehead atoms. The molecule has 2 aromatic heterocycles. The number of rotatable bonds is 4. The van der Waals surface area contributed by atoms with Crippen LogP contribution >= 0.6 is 12.4 Å². The fourth-order valence-corrected chi connectivity index (χ4v) is 1.81. The SMILES string of the molecule is Cl.Cn1cccc1CNCc1cc(C(F)(F)F)nn1C. The van der Waals surface area contributed by atoms with Crippen LogP contribution in [0.1, 0.15) is 17.1 Å². The van der Waals surface area contributed by atoms with Gasteiger partial charge in [-0.05, 0) is 18.2 Å². The lowest BCUT2D eigenvalue weighted by atomic mass is 10.3. The van der Waals surface area contributed by atoms with Crippen LogP contribution in [0.5, 0.6) is 0 Å². The number of hydrogen-bond acceptors (Lipinski definition) is 2. The molecule has 0 unspecified atom stereocenters. The zero-order valence-electron chi connectivity index (χ0n) is 11.1. The molecule has 1 N–H and O–H groups in total. The van der Waals surface area contributed by atoms with E-state index in [0.29, 0.717) is 18.8 Å². The minimum atomic E-state index is -4.39. The lowest BCUT2D eigenvalue weighted by Crippen LogP contribution is -2.16. The van der Waals surface area contributed by atoms with Crippen molar-refractivity contribution >= 4 is 12.4 Å². The predicted octanol–water partition coefficient (Wildman–Crippen LogP) is 2.49. The van der Waals surface area contributed by atoms with Gasteiger partial charge in [-0.25, -0.2) is 0 Å². The van der Waals surface area contributed by atoms with Crippen molar-refractivity contribution in [2.45, 2.75) is 19.3 Å². The Labute approximate surface area is 121 Å². The molecule has 2 aromatic rings. The van der Waals surface area contributed by atoms with Crippen molar-refractivity contribution in [3.05, 3.63) is 41.5 Å². The van der Waals surface area contributed by atoms with Gasteiger partial charge in [0.15, 0.2) is 5.69 Å². The van der Waals surface area contributed by atoms with Crippen LogP contribution in [-0.4, -0.2) is 14.3 Å². The first-order valence-corrected chi connectivity index (χ1v) is 5.79. The van der Waals surface area contributed by atoms with Gasteiger partial charge in [0, 0.05) is 39.1 Å². The van der Waals surface area contributed by atoms with Crippen LogP contribution < -0.4 is 5.32 Å². The molecular formula is C12H16ClF3N4. The molecule has 20 heavy (non-hydrogen) atoms. The highest BCUT2D eigenvalue weighted by Crippen LogP contribution is 2.28. The summed E-state index contributed by atoms with van der Waals surface area (Å²) in [5.41, 5.74) is 0.713. The Morgan fingerprint density at radius 3 is 2.35 bits per heavy atom. The molecular weight excluding hydrogens is 293 g/mol. The van der Waals surface area contributed by atoms with Gasteiger partial charge in [-0.2, -0.15) is 18.3 Å². The fourth-order valence-electron chi connectivity index (χ4n) is 1.81. The first-order chi connectivity index (χ1) is 8.88. The number of aromatic nitrogens is 3. The van der Waals surface area contributed by atoms with Gasteiger partial charge >= 0.3 is 6.18 Å². The predicted molar refractivity (Wildman–Crippen MR) is 71.4 cm³/mol. The topological polar surface area (TPSA) is 34.8 Å². The van der Waals surface area contributed by atoms with Crippen molar-refractivity contribution in [3.63, 3.8) is 0 Å². The van der Waals surface area contributed by atoms with E-state index < -0.39 is 11.9 Å². The molecule has 0 saturated heterocycles. The van der Waals surface area contributed by atoms with E-state index in [1.807, 2.05) is 29.9 Å². The highest BCUT2D eigenvalue weighted by atomic mass is 35.5. The highest BCUT2D eigenvalue weighted by Gasteiger charge is 2.34. The summed E-state index contributed by atoms with van der Waals surface area (Å²) in [7, 11) is 3.43. The summed E-state index contributed by atoms with van der Waals surface area (Å²) in [6, 6.07) is 4.94. The largest absolute Gasteiger partial charge is 0.435 e. The molecule has 0 aliphatic heterocycles. The van der Waals surface area contributed by atoms with Gasteiger partial charge in [-0.1, -0.05) is 0 Å². The maximum atomic E-state index is 12.5. The van der Waals surface area contributed by atoms with E-state index in [0.717, 1.165) is 11.8 Å². The Kier molecular flexibility index (Phi) is 5.24. The molecule has 0 fully saturated rings. The molecule has 2 rings (SSSR count). The lowest BCUT2D eigenvalue weighted by molar-refractivity contribution is -0.141. The Morgan fingerprint density at radius 1 is 1.20 bits per heavy atom. The van der Waals surface area contributed by atoms with Gasteiger partial charge < -0.3 is 9.88 Å². The molecule has 112 valence electrons. The Balaban J connectivity index is 0.00000200. The van der Waals surface area contributed by atoms with Crippen molar-refractivity contribution < 1.29 is 13.2 Å². The van der Waals surface area contributed by atoms with Gasteiger partial charge in [-0.3, -0.25) is 4.68 Å². The number of hydrogen-bond donors (Lipinski definition) is 1. The van der Waals surface area contributed by atoms with E-state index in [2.05, 4.69) is 10.4 Å². The van der Waals surface area contributed by atoms with E-state index in [1.54, 1.807) is 0 Å². The number of nitrogens with one attached hydrogen (secondary N) is 1. The molecule has 0 spiro atoms. The van der Waals surface area contributed by atoms with Crippen LogP contribution in [0.25, 0.3) is 0 Å².